The van der Waals surface area contributed by atoms with Crippen LogP contribution in [0.25, 0.3) is 0 Å². The van der Waals surface area contributed by atoms with Crippen LogP contribution in [0.1, 0.15) is 40.4 Å². The predicted octanol–water partition coefficient (Wildman–Crippen LogP) is 3.17. The van der Waals surface area contributed by atoms with Crippen molar-refractivity contribution in [2.75, 3.05) is 5.32 Å². The van der Waals surface area contributed by atoms with Crippen molar-refractivity contribution in [3.05, 3.63) is 12.0 Å². The van der Waals surface area contributed by atoms with Crippen LogP contribution in [0.15, 0.2) is 10.6 Å². The van der Waals surface area contributed by atoms with Crippen LogP contribution in [0.4, 0.5) is 6.01 Å². The van der Waals surface area contributed by atoms with Gasteiger partial charge in [-0.15, -0.1) is 11.6 Å². The van der Waals surface area contributed by atoms with Crippen LogP contribution in [0.3, 0.4) is 0 Å². The number of aromatic nitrogens is 1. The van der Waals surface area contributed by atoms with E-state index in [0.29, 0.717) is 0 Å². The molecule has 1 amide bonds. The quantitative estimate of drug-likeness (QED) is 0.848. The lowest BCUT2D eigenvalue weighted by Gasteiger charge is -2.13. The van der Waals surface area contributed by atoms with Crippen LogP contribution in [0.5, 0.6) is 0 Å². The van der Waals surface area contributed by atoms with E-state index in [1.165, 1.54) is 0 Å². The highest BCUT2D eigenvalue weighted by molar-refractivity contribution is 6.32. The summed E-state index contributed by atoms with van der Waals surface area (Å²) < 4.78 is 5.45. The molecule has 0 bridgehead atoms. The molecule has 0 radical (unpaired) electrons. The molecule has 1 aromatic rings. The number of rotatable bonds is 3. The van der Waals surface area contributed by atoms with Gasteiger partial charge < -0.3 is 4.42 Å². The number of anilines is 1. The van der Waals surface area contributed by atoms with Crippen molar-refractivity contribution in [1.29, 1.82) is 0 Å². The molecule has 0 unspecified atom stereocenters. The Balaban J connectivity index is 2.71. The van der Waals surface area contributed by atoms with Crippen molar-refractivity contribution in [1.82, 2.24) is 4.98 Å². The first-order valence-electron chi connectivity index (χ1n) is 5.63. The van der Waals surface area contributed by atoms with E-state index in [2.05, 4.69) is 10.3 Å². The maximum atomic E-state index is 11.7. The topological polar surface area (TPSA) is 55.1 Å². The Bertz CT molecular complexity index is 393. The van der Waals surface area contributed by atoms with Gasteiger partial charge in [0.15, 0.2) is 0 Å². The molecule has 0 aliphatic carbocycles. The Labute approximate surface area is 107 Å². The molecule has 0 aliphatic heterocycles. The number of hydrogen-bond acceptors (Lipinski definition) is 3. The highest BCUT2D eigenvalue weighted by atomic mass is 35.5. The van der Waals surface area contributed by atoms with Gasteiger partial charge in [0.2, 0.25) is 5.91 Å². The molecule has 0 aliphatic rings. The van der Waals surface area contributed by atoms with Crippen molar-refractivity contribution in [3.63, 3.8) is 0 Å². The molecule has 96 valence electrons. The van der Waals surface area contributed by atoms with Gasteiger partial charge >= 0.3 is 6.01 Å². The van der Waals surface area contributed by atoms with Crippen LogP contribution in [0, 0.1) is 5.92 Å². The van der Waals surface area contributed by atoms with Crippen LogP contribution in [0.2, 0.25) is 0 Å². The Hall–Kier alpha value is -1.03. The number of nitrogens with zero attached hydrogens (tertiary/aromatic N) is 1. The monoisotopic (exact) mass is 258 g/mol. The molecule has 0 aromatic carbocycles. The first-order chi connectivity index (χ1) is 7.71. The Morgan fingerprint density at radius 1 is 1.47 bits per heavy atom. The van der Waals surface area contributed by atoms with Crippen LogP contribution in [-0.2, 0) is 10.2 Å². The van der Waals surface area contributed by atoms with E-state index in [9.17, 15) is 4.79 Å². The highest BCUT2D eigenvalue weighted by Gasteiger charge is 2.23. The second-order valence-corrected chi connectivity index (χ2v) is 5.88. The zero-order chi connectivity index (χ0) is 13.2. The molecule has 1 heterocycles. The lowest BCUT2D eigenvalue weighted by Crippen LogP contribution is -2.27. The molecule has 0 saturated heterocycles. The van der Waals surface area contributed by atoms with Gasteiger partial charge in [0.1, 0.15) is 11.1 Å². The van der Waals surface area contributed by atoms with E-state index < -0.39 is 5.38 Å². The third-order valence-corrected chi connectivity index (χ3v) is 3.01. The number of hydrogen-bond donors (Lipinski definition) is 1. The number of amides is 1. The minimum atomic E-state index is -0.583. The van der Waals surface area contributed by atoms with Gasteiger partial charge in [0.05, 0.1) is 6.20 Å². The minimum absolute atomic E-state index is 0.0636. The fourth-order valence-corrected chi connectivity index (χ4v) is 1.21. The summed E-state index contributed by atoms with van der Waals surface area (Å²) in [6, 6.07) is 0.200. The summed E-state index contributed by atoms with van der Waals surface area (Å²) in [5, 5.41) is 1.98. The number of carbonyl (C=O) groups excluding carboxylic acids is 1. The van der Waals surface area contributed by atoms with Gasteiger partial charge in [-0.2, -0.15) is 0 Å². The molecule has 1 N–H and O–H groups in total. The number of alkyl halides is 1. The van der Waals surface area contributed by atoms with Gasteiger partial charge in [-0.25, -0.2) is 4.98 Å². The van der Waals surface area contributed by atoms with Gasteiger partial charge in [0.25, 0.3) is 0 Å². The fourth-order valence-electron chi connectivity index (χ4n) is 1.16. The van der Waals surface area contributed by atoms with Gasteiger partial charge in [-0.1, -0.05) is 34.6 Å². The molecular formula is C12H19ClN2O2. The average molecular weight is 259 g/mol. The highest BCUT2D eigenvalue weighted by Crippen LogP contribution is 2.24. The lowest BCUT2D eigenvalue weighted by molar-refractivity contribution is -0.116. The predicted molar refractivity (Wildman–Crippen MR) is 68.3 cm³/mol. The molecular weight excluding hydrogens is 240 g/mol. The summed E-state index contributed by atoms with van der Waals surface area (Å²) in [4.78, 5) is 15.7. The van der Waals surface area contributed by atoms with Crippen LogP contribution >= 0.6 is 11.6 Å². The fraction of sp³-hybridized carbons (Fsp3) is 0.667. The van der Waals surface area contributed by atoms with Gasteiger partial charge in [0, 0.05) is 5.41 Å². The zero-order valence-corrected chi connectivity index (χ0v) is 11.6. The van der Waals surface area contributed by atoms with Crippen molar-refractivity contribution in [2.24, 2.45) is 5.92 Å². The molecule has 1 rings (SSSR count). The van der Waals surface area contributed by atoms with E-state index >= 15 is 0 Å². The Kier molecular flexibility index (Phi) is 4.20. The first kappa shape index (κ1) is 14.0. The summed E-state index contributed by atoms with van der Waals surface area (Å²) >= 11 is 5.93. The molecule has 1 aromatic heterocycles. The molecule has 0 spiro atoms. The molecule has 0 saturated carbocycles. The van der Waals surface area contributed by atoms with E-state index in [-0.39, 0.29) is 23.3 Å². The van der Waals surface area contributed by atoms with Crippen molar-refractivity contribution in [2.45, 2.75) is 45.4 Å². The largest absolute Gasteiger partial charge is 0.428 e. The van der Waals surface area contributed by atoms with Crippen molar-refractivity contribution in [3.8, 4) is 0 Å². The second-order valence-electron chi connectivity index (χ2n) is 5.41. The number of carbonyl (C=O) groups is 1. The molecule has 1 atom stereocenters. The van der Waals surface area contributed by atoms with Crippen molar-refractivity contribution < 1.29 is 9.21 Å². The van der Waals surface area contributed by atoms with E-state index in [4.69, 9.17) is 16.0 Å². The molecule has 4 nitrogen and oxygen atoms in total. The molecule has 0 fully saturated rings. The van der Waals surface area contributed by atoms with Crippen LogP contribution < -0.4 is 5.32 Å². The van der Waals surface area contributed by atoms with Gasteiger partial charge in [-0.3, -0.25) is 10.1 Å². The number of nitrogens with one attached hydrogen (secondary N) is 1. The third kappa shape index (κ3) is 3.73. The average Bonchev–Trinajstić information content (AvgIpc) is 2.64. The Morgan fingerprint density at radius 2 is 2.06 bits per heavy atom. The van der Waals surface area contributed by atoms with E-state index in [1.54, 1.807) is 6.20 Å². The lowest BCUT2D eigenvalue weighted by atomic mass is 9.94. The normalized spacial score (nSPS) is 13.8. The first-order valence-corrected chi connectivity index (χ1v) is 6.06. The molecule has 5 heteroatoms. The van der Waals surface area contributed by atoms with E-state index in [0.717, 1.165) is 5.76 Å². The summed E-state index contributed by atoms with van der Waals surface area (Å²) in [5.41, 5.74) is -0.131. The van der Waals surface area contributed by atoms with Crippen LogP contribution in [-0.4, -0.2) is 16.3 Å². The SMILES string of the molecule is CC(C)[C@@H](Cl)C(=O)Nc1ncc(C(C)(C)C)o1. The maximum absolute atomic E-state index is 11.7. The third-order valence-electron chi connectivity index (χ3n) is 2.31. The molecule has 17 heavy (non-hydrogen) atoms. The summed E-state index contributed by atoms with van der Waals surface area (Å²) in [6.45, 7) is 9.80. The second kappa shape index (κ2) is 5.08. The van der Waals surface area contributed by atoms with Gasteiger partial charge in [-0.05, 0) is 5.92 Å². The van der Waals surface area contributed by atoms with E-state index in [1.807, 2.05) is 34.6 Å². The Morgan fingerprint density at radius 3 is 2.47 bits per heavy atom. The summed E-state index contributed by atoms with van der Waals surface area (Å²) in [5.74, 6) is 0.501. The smallest absolute Gasteiger partial charge is 0.301 e. The minimum Gasteiger partial charge on any atom is -0.428 e. The number of oxazole rings is 1. The standard InChI is InChI=1S/C12H19ClN2O2/c1-7(2)9(13)10(16)15-11-14-6-8(17-11)12(3,4)5/h6-7,9H,1-5H3,(H,14,15,16)/t9-/m1/s1. The van der Waals surface area contributed by atoms with Crippen molar-refractivity contribution >= 4 is 23.5 Å². The zero-order valence-electron chi connectivity index (χ0n) is 10.9. The maximum Gasteiger partial charge on any atom is 0.301 e. The summed E-state index contributed by atoms with van der Waals surface area (Å²) in [7, 11) is 0. The number of halogens is 1. The summed E-state index contributed by atoms with van der Waals surface area (Å²) in [6.07, 6.45) is 1.62.